The maximum absolute atomic E-state index is 14.7. The first-order valence-electron chi connectivity index (χ1n) is 14.2. The first-order valence-corrected chi connectivity index (χ1v) is 14.2. The fraction of sp³-hybridized carbons (Fsp3) is 0.469. The lowest BCUT2D eigenvalue weighted by Gasteiger charge is -2.49. The average molecular weight is 565 g/mol. The van der Waals surface area contributed by atoms with Crippen molar-refractivity contribution < 1.29 is 23.0 Å². The maximum atomic E-state index is 14.7. The fourth-order valence-corrected chi connectivity index (χ4v) is 6.02. The molecule has 0 bridgehead atoms. The van der Waals surface area contributed by atoms with Gasteiger partial charge in [0, 0.05) is 20.2 Å². The molecular weight excluding hydrogens is 526 g/mol. The van der Waals surface area contributed by atoms with Crippen LogP contribution in [-0.4, -0.2) is 61.7 Å². The Bertz CT molecular complexity index is 1340. The summed E-state index contributed by atoms with van der Waals surface area (Å²) in [5, 5.41) is 9.23. The van der Waals surface area contributed by atoms with Gasteiger partial charge in [0.05, 0.1) is 42.2 Å². The van der Waals surface area contributed by atoms with Gasteiger partial charge in [0.25, 0.3) is 0 Å². The summed E-state index contributed by atoms with van der Waals surface area (Å²) in [6.07, 6.45) is 4.43. The summed E-state index contributed by atoms with van der Waals surface area (Å²) < 4.78 is 39.5. The van der Waals surface area contributed by atoms with Gasteiger partial charge in [-0.2, -0.15) is 5.26 Å². The number of allylic oxidation sites excluding steroid dienone is 1. The Hall–Kier alpha value is -3.61. The highest BCUT2D eigenvalue weighted by molar-refractivity contribution is 5.96. The Morgan fingerprint density at radius 3 is 2.51 bits per heavy atom. The van der Waals surface area contributed by atoms with E-state index in [1.807, 2.05) is 24.3 Å². The Labute approximate surface area is 241 Å². The van der Waals surface area contributed by atoms with E-state index in [4.69, 9.17) is 14.5 Å². The zero-order chi connectivity index (χ0) is 29.5. The summed E-state index contributed by atoms with van der Waals surface area (Å²) in [6, 6.07) is 13.0. The van der Waals surface area contributed by atoms with Crippen LogP contribution in [0.4, 0.5) is 8.78 Å². The van der Waals surface area contributed by atoms with Crippen LogP contribution in [0.3, 0.4) is 0 Å². The van der Waals surface area contributed by atoms with Crippen molar-refractivity contribution >= 4 is 11.8 Å². The van der Waals surface area contributed by atoms with Crippen LogP contribution >= 0.6 is 0 Å². The number of ether oxygens (including phenoxy) is 2. The molecule has 0 amide bonds. The number of likely N-dealkylation sites (tertiary alicyclic amines) is 1. The minimum atomic E-state index is -0.982. The minimum Gasteiger partial charge on any atom is -0.466 e. The van der Waals surface area contributed by atoms with Crippen molar-refractivity contribution in [3.63, 3.8) is 0 Å². The molecule has 0 N–H and O–H groups in total. The monoisotopic (exact) mass is 564 g/mol. The number of nitriles is 1. The van der Waals surface area contributed by atoms with Gasteiger partial charge in [0.1, 0.15) is 12.4 Å². The highest BCUT2D eigenvalue weighted by Crippen LogP contribution is 2.40. The van der Waals surface area contributed by atoms with Crippen LogP contribution in [-0.2, 0) is 14.3 Å². The van der Waals surface area contributed by atoms with Gasteiger partial charge in [-0.1, -0.05) is 38.0 Å². The minimum absolute atomic E-state index is 0.182. The number of unbranched alkanes of at least 4 members (excludes halogenated alkanes) is 1. The molecule has 1 saturated heterocycles. The number of carbonyl (C=O) groups excluding carboxylic acids is 1. The quantitative estimate of drug-likeness (QED) is 0.326. The van der Waals surface area contributed by atoms with E-state index < -0.39 is 23.6 Å². The van der Waals surface area contributed by atoms with Crippen LogP contribution in [0.5, 0.6) is 0 Å². The smallest absolute Gasteiger partial charge is 0.338 e. The zero-order valence-electron chi connectivity index (χ0n) is 24.2. The second-order valence-electron chi connectivity index (χ2n) is 10.6. The van der Waals surface area contributed by atoms with Gasteiger partial charge in [-0.3, -0.25) is 4.90 Å². The van der Waals surface area contributed by atoms with Crippen LogP contribution < -0.4 is 0 Å². The first kappa shape index (κ1) is 30.4. The molecule has 9 heteroatoms. The molecule has 7 nitrogen and oxygen atoms in total. The molecule has 4 rings (SSSR count). The second-order valence-corrected chi connectivity index (χ2v) is 10.6. The summed E-state index contributed by atoms with van der Waals surface area (Å²) in [7, 11) is 2.90. The van der Waals surface area contributed by atoms with Crippen molar-refractivity contribution in [1.82, 2.24) is 9.80 Å². The fourth-order valence-electron chi connectivity index (χ4n) is 6.02. The SMILES string of the molecule is CCCCC(N1CCCC(c2ccc(C#N)cc2)C1)N1C(COC)=NC(C)=C(C(=O)OC)C1c1ccc(F)c(F)c1. The molecule has 3 unspecified atom stereocenters. The third kappa shape index (κ3) is 6.66. The molecule has 41 heavy (non-hydrogen) atoms. The molecule has 0 aromatic heterocycles. The van der Waals surface area contributed by atoms with Crippen LogP contribution in [0.2, 0.25) is 0 Å². The topological polar surface area (TPSA) is 78.2 Å². The number of rotatable bonds is 10. The predicted octanol–water partition coefficient (Wildman–Crippen LogP) is 6.08. The Morgan fingerprint density at radius 2 is 1.88 bits per heavy atom. The van der Waals surface area contributed by atoms with E-state index in [0.29, 0.717) is 28.2 Å². The third-order valence-corrected chi connectivity index (χ3v) is 8.00. The van der Waals surface area contributed by atoms with Gasteiger partial charge in [0.2, 0.25) is 0 Å². The number of carbonyl (C=O) groups is 1. The van der Waals surface area contributed by atoms with Crippen LogP contribution in [0.15, 0.2) is 58.7 Å². The lowest BCUT2D eigenvalue weighted by atomic mass is 9.88. The van der Waals surface area contributed by atoms with Gasteiger partial charge in [0.15, 0.2) is 11.6 Å². The Balaban J connectivity index is 1.82. The van der Waals surface area contributed by atoms with Crippen molar-refractivity contribution in [2.75, 3.05) is 33.9 Å². The highest BCUT2D eigenvalue weighted by atomic mass is 19.2. The lowest BCUT2D eigenvalue weighted by molar-refractivity contribution is -0.137. The van der Waals surface area contributed by atoms with Gasteiger partial charge in [-0.25, -0.2) is 18.6 Å². The molecule has 2 heterocycles. The second kappa shape index (κ2) is 13.8. The summed E-state index contributed by atoms with van der Waals surface area (Å²) in [6.45, 7) is 5.64. The number of hydrogen-bond acceptors (Lipinski definition) is 7. The van der Waals surface area contributed by atoms with E-state index in [1.165, 1.54) is 18.7 Å². The van der Waals surface area contributed by atoms with Crippen LogP contribution in [0.1, 0.15) is 74.6 Å². The number of benzene rings is 2. The number of piperidine rings is 1. The van der Waals surface area contributed by atoms with Crippen LogP contribution in [0, 0.1) is 23.0 Å². The molecule has 2 aromatic carbocycles. The van der Waals surface area contributed by atoms with Gasteiger partial charge in [-0.15, -0.1) is 0 Å². The molecule has 3 atom stereocenters. The largest absolute Gasteiger partial charge is 0.466 e. The summed E-state index contributed by atoms with van der Waals surface area (Å²) in [5.74, 6) is -1.62. The van der Waals surface area contributed by atoms with Gasteiger partial charge in [-0.05, 0) is 67.5 Å². The molecule has 1 fully saturated rings. The standard InChI is InChI=1S/C32H38F2N4O3/c1-5-6-9-29(37-16-7-8-25(19-37)23-12-10-22(18-35)11-13-23)38-28(20-40-3)36-21(2)30(32(39)41-4)31(38)24-14-15-26(33)27(34)17-24/h10-15,17,25,29,31H,5-9,16,19-20H2,1-4H3. The number of amidine groups is 1. The molecule has 0 radical (unpaired) electrons. The van der Waals surface area contributed by atoms with Gasteiger partial charge >= 0.3 is 5.97 Å². The first-order chi connectivity index (χ1) is 19.8. The molecule has 218 valence electrons. The maximum Gasteiger partial charge on any atom is 0.338 e. The molecule has 2 aromatic rings. The molecule has 2 aliphatic heterocycles. The summed E-state index contributed by atoms with van der Waals surface area (Å²) >= 11 is 0. The van der Waals surface area contributed by atoms with E-state index in [1.54, 1.807) is 14.0 Å². The molecule has 2 aliphatic rings. The van der Waals surface area contributed by atoms with E-state index in [2.05, 4.69) is 22.8 Å². The zero-order valence-corrected chi connectivity index (χ0v) is 24.2. The third-order valence-electron chi connectivity index (χ3n) is 8.00. The number of methoxy groups -OCH3 is 2. The van der Waals surface area contributed by atoms with Gasteiger partial charge < -0.3 is 14.4 Å². The number of esters is 1. The number of halogens is 2. The van der Waals surface area contributed by atoms with Crippen molar-refractivity contribution in [3.8, 4) is 6.07 Å². The van der Waals surface area contributed by atoms with Crippen LogP contribution in [0.25, 0.3) is 0 Å². The molecule has 0 saturated carbocycles. The van der Waals surface area contributed by atoms with Crippen molar-refractivity contribution in [2.24, 2.45) is 4.99 Å². The summed E-state index contributed by atoms with van der Waals surface area (Å²) in [4.78, 5) is 22.5. The molecular formula is C32H38F2N4O3. The average Bonchev–Trinajstić information content (AvgIpc) is 2.99. The highest BCUT2D eigenvalue weighted by Gasteiger charge is 2.42. The van der Waals surface area contributed by atoms with E-state index in [9.17, 15) is 18.8 Å². The van der Waals surface area contributed by atoms with Crippen molar-refractivity contribution in [3.05, 3.63) is 82.1 Å². The normalized spacial score (nSPS) is 20.4. The Kier molecular flexibility index (Phi) is 10.2. The van der Waals surface area contributed by atoms with E-state index in [-0.39, 0.29) is 18.7 Å². The lowest BCUT2D eigenvalue weighted by Crippen LogP contribution is -2.57. The number of nitrogens with zero attached hydrogens (tertiary/aromatic N) is 4. The number of aliphatic imine (C=N–C) groups is 1. The van der Waals surface area contributed by atoms with Crippen molar-refractivity contribution in [2.45, 2.75) is 64.1 Å². The Morgan fingerprint density at radius 1 is 1.15 bits per heavy atom. The predicted molar refractivity (Wildman–Crippen MR) is 153 cm³/mol. The van der Waals surface area contributed by atoms with E-state index >= 15 is 0 Å². The summed E-state index contributed by atoms with van der Waals surface area (Å²) in [5.41, 5.74) is 2.99. The van der Waals surface area contributed by atoms with E-state index in [0.717, 1.165) is 57.3 Å². The van der Waals surface area contributed by atoms with Crippen molar-refractivity contribution in [1.29, 1.82) is 5.26 Å². The molecule has 0 spiro atoms. The number of hydrogen-bond donors (Lipinski definition) is 0. The molecule has 0 aliphatic carbocycles.